The zero-order valence-corrected chi connectivity index (χ0v) is 13.0. The molecule has 0 saturated carbocycles. The Balaban J connectivity index is 2.27. The highest BCUT2D eigenvalue weighted by molar-refractivity contribution is 6.37. The largest absolute Gasteiger partial charge is 0.478 e. The van der Waals surface area contributed by atoms with Crippen molar-refractivity contribution < 1.29 is 14.7 Å². The van der Waals surface area contributed by atoms with Gasteiger partial charge in [-0.1, -0.05) is 30.1 Å². The molecule has 114 valence electrons. The molecule has 2 amide bonds. The number of nitrogens with zero attached hydrogens (tertiary/aromatic N) is 1. The molecular formula is C14H16Cl2N2O3. The maximum atomic E-state index is 12.3. The Morgan fingerprint density at radius 2 is 2.14 bits per heavy atom. The van der Waals surface area contributed by atoms with Crippen LogP contribution in [0.4, 0.5) is 10.5 Å². The standard InChI is InChI=1S/C14H16Cl2N2O3/c1-2-9-4-3-5-18(9)14(21)17-12-10(13(19)20)6-8(15)7-11(12)16/h6-7,9H,2-5H2,1H3,(H,17,21)(H,19,20). The highest BCUT2D eigenvalue weighted by atomic mass is 35.5. The molecule has 1 unspecified atom stereocenters. The zero-order chi connectivity index (χ0) is 15.6. The second-order valence-corrected chi connectivity index (χ2v) is 5.79. The van der Waals surface area contributed by atoms with E-state index in [1.807, 2.05) is 6.92 Å². The van der Waals surface area contributed by atoms with E-state index < -0.39 is 5.97 Å². The normalized spacial score (nSPS) is 17.9. The molecule has 1 atom stereocenters. The van der Waals surface area contributed by atoms with Crippen LogP contribution in [-0.2, 0) is 0 Å². The lowest BCUT2D eigenvalue weighted by Gasteiger charge is -2.24. The summed E-state index contributed by atoms with van der Waals surface area (Å²) in [5.74, 6) is -1.19. The van der Waals surface area contributed by atoms with E-state index in [1.165, 1.54) is 12.1 Å². The van der Waals surface area contributed by atoms with E-state index in [2.05, 4.69) is 5.32 Å². The lowest BCUT2D eigenvalue weighted by Crippen LogP contribution is -2.38. The van der Waals surface area contributed by atoms with Crippen molar-refractivity contribution in [1.29, 1.82) is 0 Å². The lowest BCUT2D eigenvalue weighted by molar-refractivity contribution is 0.0698. The molecule has 2 rings (SSSR count). The predicted molar refractivity (Wildman–Crippen MR) is 82.5 cm³/mol. The zero-order valence-electron chi connectivity index (χ0n) is 11.5. The van der Waals surface area contributed by atoms with E-state index >= 15 is 0 Å². The van der Waals surface area contributed by atoms with Crippen molar-refractivity contribution in [2.75, 3.05) is 11.9 Å². The van der Waals surface area contributed by atoms with Crippen LogP contribution in [0.2, 0.25) is 10.0 Å². The van der Waals surface area contributed by atoms with Gasteiger partial charge < -0.3 is 15.3 Å². The average Bonchev–Trinajstić information content (AvgIpc) is 2.89. The minimum absolute atomic E-state index is 0.0836. The van der Waals surface area contributed by atoms with Crippen molar-refractivity contribution in [3.05, 3.63) is 27.7 Å². The number of hydrogen-bond donors (Lipinski definition) is 2. The summed E-state index contributed by atoms with van der Waals surface area (Å²) >= 11 is 11.8. The van der Waals surface area contributed by atoms with Gasteiger partial charge in [0.1, 0.15) is 0 Å². The number of amides is 2. The number of hydrogen-bond acceptors (Lipinski definition) is 2. The molecule has 0 aromatic heterocycles. The van der Waals surface area contributed by atoms with Gasteiger partial charge in [0.15, 0.2) is 0 Å². The molecule has 1 fully saturated rings. The monoisotopic (exact) mass is 330 g/mol. The highest BCUT2D eigenvalue weighted by Gasteiger charge is 2.28. The smallest absolute Gasteiger partial charge is 0.337 e. The third-order valence-corrected chi connectivity index (χ3v) is 4.14. The van der Waals surface area contributed by atoms with Gasteiger partial charge in [0.2, 0.25) is 0 Å². The fraction of sp³-hybridized carbons (Fsp3) is 0.429. The summed E-state index contributed by atoms with van der Waals surface area (Å²) in [5, 5.41) is 12.1. The number of halogens is 2. The number of benzene rings is 1. The molecule has 1 saturated heterocycles. The maximum absolute atomic E-state index is 12.3. The van der Waals surface area contributed by atoms with Crippen LogP contribution in [0.5, 0.6) is 0 Å². The number of carboxylic acids is 1. The molecule has 0 aliphatic carbocycles. The molecule has 0 spiro atoms. The fourth-order valence-electron chi connectivity index (χ4n) is 2.58. The summed E-state index contributed by atoms with van der Waals surface area (Å²) in [6.07, 6.45) is 2.78. The first kappa shape index (κ1) is 15.9. The first-order chi connectivity index (χ1) is 9.93. The topological polar surface area (TPSA) is 69.6 Å². The number of carboxylic acid groups (broad SMARTS) is 1. The number of rotatable bonds is 3. The van der Waals surface area contributed by atoms with E-state index in [0.717, 1.165) is 19.3 Å². The van der Waals surface area contributed by atoms with Gasteiger partial charge in [0, 0.05) is 17.6 Å². The summed E-state index contributed by atoms with van der Waals surface area (Å²) in [4.78, 5) is 25.3. The quantitative estimate of drug-likeness (QED) is 0.876. The first-order valence-corrected chi connectivity index (χ1v) is 7.49. The number of nitrogens with one attached hydrogen (secondary N) is 1. The lowest BCUT2D eigenvalue weighted by atomic mass is 10.1. The van der Waals surface area contributed by atoms with Crippen LogP contribution in [0.15, 0.2) is 12.1 Å². The first-order valence-electron chi connectivity index (χ1n) is 6.74. The van der Waals surface area contributed by atoms with Gasteiger partial charge in [-0.25, -0.2) is 9.59 Å². The molecule has 0 bridgehead atoms. The molecule has 5 nitrogen and oxygen atoms in total. The number of carbonyl (C=O) groups excluding carboxylic acids is 1. The second kappa shape index (κ2) is 6.54. The number of urea groups is 1. The van der Waals surface area contributed by atoms with Crippen molar-refractivity contribution in [3.8, 4) is 0 Å². The van der Waals surface area contributed by atoms with Gasteiger partial charge in [-0.3, -0.25) is 0 Å². The SMILES string of the molecule is CCC1CCCN1C(=O)Nc1c(Cl)cc(Cl)cc1C(=O)O. The molecular weight excluding hydrogens is 315 g/mol. The van der Waals surface area contributed by atoms with Crippen molar-refractivity contribution >= 4 is 40.9 Å². The summed E-state index contributed by atoms with van der Waals surface area (Å²) in [7, 11) is 0. The van der Waals surface area contributed by atoms with E-state index in [0.29, 0.717) is 6.54 Å². The third-order valence-electron chi connectivity index (χ3n) is 3.63. The van der Waals surface area contributed by atoms with Crippen LogP contribution in [0.1, 0.15) is 36.5 Å². The number of anilines is 1. The molecule has 7 heteroatoms. The van der Waals surface area contributed by atoms with Crippen molar-refractivity contribution in [2.24, 2.45) is 0 Å². The summed E-state index contributed by atoms with van der Waals surface area (Å²) in [5.41, 5.74) is -0.0339. The predicted octanol–water partition coefficient (Wildman–Crippen LogP) is 4.10. The minimum atomic E-state index is -1.19. The molecule has 1 heterocycles. The van der Waals surface area contributed by atoms with Gasteiger partial charge in [-0.2, -0.15) is 0 Å². The van der Waals surface area contributed by atoms with Crippen molar-refractivity contribution in [1.82, 2.24) is 4.90 Å². The van der Waals surface area contributed by atoms with Crippen LogP contribution in [-0.4, -0.2) is 34.6 Å². The van der Waals surface area contributed by atoms with Crippen molar-refractivity contribution in [3.63, 3.8) is 0 Å². The Labute approximate surface area is 132 Å². The summed E-state index contributed by atoms with van der Waals surface area (Å²) in [6.45, 7) is 2.69. The number of aromatic carboxylic acids is 1. The molecule has 1 aromatic rings. The highest BCUT2D eigenvalue weighted by Crippen LogP contribution is 2.31. The Hall–Kier alpha value is -1.46. The van der Waals surface area contributed by atoms with Crippen molar-refractivity contribution in [2.45, 2.75) is 32.2 Å². The number of carbonyl (C=O) groups is 2. The van der Waals surface area contributed by atoms with Crippen LogP contribution in [0, 0.1) is 0 Å². The average molecular weight is 331 g/mol. The van der Waals surface area contributed by atoms with Gasteiger partial charge in [-0.15, -0.1) is 0 Å². The Bertz CT molecular complexity index is 578. The van der Waals surface area contributed by atoms with Gasteiger partial charge >= 0.3 is 12.0 Å². The van der Waals surface area contributed by atoms with Gasteiger partial charge in [-0.05, 0) is 31.4 Å². The Morgan fingerprint density at radius 1 is 1.43 bits per heavy atom. The van der Waals surface area contributed by atoms with E-state index in [-0.39, 0.29) is 33.4 Å². The molecule has 1 aliphatic rings. The van der Waals surface area contributed by atoms with Crippen LogP contribution >= 0.6 is 23.2 Å². The maximum Gasteiger partial charge on any atom is 0.337 e. The van der Waals surface area contributed by atoms with Gasteiger partial charge in [0.25, 0.3) is 0 Å². The molecule has 1 aromatic carbocycles. The minimum Gasteiger partial charge on any atom is -0.478 e. The van der Waals surface area contributed by atoms with E-state index in [4.69, 9.17) is 23.2 Å². The molecule has 0 radical (unpaired) electrons. The second-order valence-electron chi connectivity index (χ2n) is 4.94. The van der Waals surface area contributed by atoms with Crippen LogP contribution in [0.25, 0.3) is 0 Å². The molecule has 1 aliphatic heterocycles. The van der Waals surface area contributed by atoms with Gasteiger partial charge in [0.05, 0.1) is 16.3 Å². The third kappa shape index (κ3) is 3.41. The molecule has 21 heavy (non-hydrogen) atoms. The van der Waals surface area contributed by atoms with E-state index in [1.54, 1.807) is 4.90 Å². The number of likely N-dealkylation sites (tertiary alicyclic amines) is 1. The van der Waals surface area contributed by atoms with E-state index in [9.17, 15) is 14.7 Å². The Morgan fingerprint density at radius 3 is 2.76 bits per heavy atom. The fourth-order valence-corrected chi connectivity index (χ4v) is 3.12. The molecule has 2 N–H and O–H groups in total. The summed E-state index contributed by atoms with van der Waals surface area (Å²) in [6, 6.07) is 2.54. The van der Waals surface area contributed by atoms with Crippen LogP contribution < -0.4 is 5.32 Å². The Kier molecular flexibility index (Phi) is 4.96. The summed E-state index contributed by atoms with van der Waals surface area (Å²) < 4.78 is 0. The van der Waals surface area contributed by atoms with Crippen LogP contribution in [0.3, 0.4) is 0 Å².